The van der Waals surface area contributed by atoms with Crippen LogP contribution in [0.2, 0.25) is 0 Å². The lowest BCUT2D eigenvalue weighted by molar-refractivity contribution is -0.504. The number of halogens is 14. The lowest BCUT2D eigenvalue weighted by Crippen LogP contribution is -2.98. The highest BCUT2D eigenvalue weighted by molar-refractivity contribution is 5.60. The van der Waals surface area contributed by atoms with Gasteiger partial charge in [-0.15, -0.1) is 0 Å². The number of alkyl halides is 13. The smallest absolute Gasteiger partial charge is 0.223 e. The van der Waals surface area contributed by atoms with Crippen LogP contribution in [0.1, 0.15) is 0 Å². The Labute approximate surface area is 121 Å². The lowest BCUT2D eigenvalue weighted by Gasteiger charge is -2.66. The van der Waals surface area contributed by atoms with Crippen LogP contribution in [0.5, 0.6) is 0 Å². The van der Waals surface area contributed by atoms with E-state index in [4.69, 9.17) is 0 Å². The summed E-state index contributed by atoms with van der Waals surface area (Å²) in [5, 5.41) is 0. The maximum atomic E-state index is 14.0. The Morgan fingerprint density at radius 2 is 0.750 bits per heavy atom. The zero-order valence-corrected chi connectivity index (χ0v) is 10.3. The number of rotatable bonds is 0. The Morgan fingerprint density at radius 3 is 1.04 bits per heavy atom. The van der Waals surface area contributed by atoms with Gasteiger partial charge >= 0.3 is 41.0 Å². The summed E-state index contributed by atoms with van der Waals surface area (Å²) in [5.41, 5.74) is -25.3. The number of allylic oxidation sites excluding steroid dienone is 2. The van der Waals surface area contributed by atoms with Crippen LogP contribution in [-0.4, -0.2) is 46.6 Å². The lowest BCUT2D eigenvalue weighted by atomic mass is 9.47. The topological polar surface area (TPSA) is 0 Å². The highest BCUT2D eigenvalue weighted by atomic mass is 19.3. The van der Waals surface area contributed by atoms with Crippen LogP contribution < -0.4 is 0 Å². The van der Waals surface area contributed by atoms with Gasteiger partial charge in [0.15, 0.2) is 5.83 Å². The zero-order valence-electron chi connectivity index (χ0n) is 10.3. The third kappa shape index (κ3) is 0.942. The number of hydrogen-bond acceptors (Lipinski definition) is 0. The maximum absolute atomic E-state index is 14.0. The molecule has 0 aromatic heterocycles. The van der Waals surface area contributed by atoms with Gasteiger partial charge in [-0.3, -0.25) is 0 Å². The monoisotopic (exact) mass is 386 g/mol. The van der Waals surface area contributed by atoms with Crippen LogP contribution in [0, 0.1) is 0 Å². The van der Waals surface area contributed by atoms with Crippen molar-refractivity contribution in [2.24, 2.45) is 0 Å². The molecule has 0 nitrogen and oxygen atoms in total. The van der Waals surface area contributed by atoms with Crippen molar-refractivity contribution in [3.63, 3.8) is 0 Å². The summed E-state index contributed by atoms with van der Waals surface area (Å²) in [7, 11) is 0. The number of hydrogen-bond donors (Lipinski definition) is 0. The third-order valence-electron chi connectivity index (χ3n) is 4.61. The minimum absolute atomic E-state index is 4.13. The molecule has 138 valence electrons. The molecule has 0 heterocycles. The van der Waals surface area contributed by atoms with E-state index in [1.54, 1.807) is 0 Å². The molecule has 2 unspecified atom stereocenters. The van der Waals surface area contributed by atoms with Gasteiger partial charge in [0.1, 0.15) is 5.57 Å². The van der Waals surface area contributed by atoms with E-state index >= 15 is 0 Å². The van der Waals surface area contributed by atoms with Crippen molar-refractivity contribution in [3.05, 3.63) is 11.4 Å². The molecule has 0 amide bonds. The molecule has 0 aromatic carbocycles. The van der Waals surface area contributed by atoms with Gasteiger partial charge in [-0.2, -0.15) is 43.9 Å². The molecule has 0 spiro atoms. The first-order valence-corrected chi connectivity index (χ1v) is 5.65. The highest BCUT2D eigenvalue weighted by Gasteiger charge is 3.13. The van der Waals surface area contributed by atoms with Crippen molar-refractivity contribution in [2.45, 2.75) is 46.6 Å². The molecule has 2 atom stereocenters. The molecule has 0 radical (unpaired) electrons. The second kappa shape index (κ2) is 3.37. The first-order chi connectivity index (χ1) is 10.3. The van der Waals surface area contributed by atoms with E-state index in [1.165, 1.54) is 0 Å². The average molecular weight is 386 g/mol. The maximum Gasteiger partial charge on any atom is 0.339 e. The minimum atomic E-state index is -7.50. The Hall–Kier alpha value is -1.24. The van der Waals surface area contributed by atoms with Gasteiger partial charge < -0.3 is 0 Å². The summed E-state index contributed by atoms with van der Waals surface area (Å²) in [5.74, 6) is -40.2. The molecular formula is C10F14. The Bertz CT molecular complexity index is 642. The summed E-state index contributed by atoms with van der Waals surface area (Å²) in [4.78, 5) is 0. The van der Waals surface area contributed by atoms with Crippen LogP contribution in [0.3, 0.4) is 0 Å². The van der Waals surface area contributed by atoms with Gasteiger partial charge in [0.05, 0.1) is 0 Å². The van der Waals surface area contributed by atoms with E-state index in [0.717, 1.165) is 0 Å². The molecular weight excluding hydrogens is 386 g/mol. The van der Waals surface area contributed by atoms with E-state index in [1.807, 2.05) is 0 Å². The SMILES string of the molecule is FC1=C2C(F)(F)C3(F)C(F)(F)C1(F)C(F)(F)C(F)(C2(F)F)C3(F)F. The van der Waals surface area contributed by atoms with Crippen LogP contribution in [0.15, 0.2) is 11.4 Å². The largest absolute Gasteiger partial charge is 0.339 e. The van der Waals surface area contributed by atoms with Crippen molar-refractivity contribution in [1.82, 2.24) is 0 Å². The first-order valence-electron chi connectivity index (χ1n) is 5.65. The van der Waals surface area contributed by atoms with Crippen LogP contribution in [-0.2, 0) is 0 Å². The molecule has 2 fully saturated rings. The van der Waals surface area contributed by atoms with Crippen molar-refractivity contribution in [2.75, 3.05) is 0 Å². The summed E-state index contributed by atoms with van der Waals surface area (Å²) in [6.07, 6.45) is 0. The van der Waals surface area contributed by atoms with Crippen LogP contribution in [0.4, 0.5) is 61.5 Å². The minimum Gasteiger partial charge on any atom is -0.223 e. The van der Waals surface area contributed by atoms with Gasteiger partial charge in [-0.25, -0.2) is 17.6 Å². The van der Waals surface area contributed by atoms with Gasteiger partial charge in [0, 0.05) is 0 Å². The molecule has 24 heavy (non-hydrogen) atoms. The van der Waals surface area contributed by atoms with Crippen molar-refractivity contribution in [1.29, 1.82) is 0 Å². The predicted molar refractivity (Wildman–Crippen MR) is 44.4 cm³/mol. The van der Waals surface area contributed by atoms with Crippen molar-refractivity contribution >= 4 is 0 Å². The molecule has 4 rings (SSSR count). The van der Waals surface area contributed by atoms with Crippen molar-refractivity contribution < 1.29 is 61.5 Å². The normalized spacial score (nSPS) is 48.8. The Kier molecular flexibility index (Phi) is 2.47. The van der Waals surface area contributed by atoms with E-state index in [9.17, 15) is 61.5 Å². The van der Waals surface area contributed by atoms with Crippen LogP contribution >= 0.6 is 0 Å². The fourth-order valence-corrected chi connectivity index (χ4v) is 3.36. The fourth-order valence-electron chi connectivity index (χ4n) is 3.36. The molecule has 4 aliphatic rings. The van der Waals surface area contributed by atoms with E-state index in [0.29, 0.717) is 0 Å². The second-order valence-corrected chi connectivity index (χ2v) is 5.54. The molecule has 14 heteroatoms. The van der Waals surface area contributed by atoms with E-state index in [2.05, 4.69) is 0 Å². The third-order valence-corrected chi connectivity index (χ3v) is 4.61. The van der Waals surface area contributed by atoms with Gasteiger partial charge in [0.25, 0.3) is 5.67 Å². The molecule has 4 aliphatic carbocycles. The molecule has 0 N–H and O–H groups in total. The molecule has 0 aliphatic heterocycles. The van der Waals surface area contributed by atoms with E-state index in [-0.39, 0.29) is 0 Å². The van der Waals surface area contributed by atoms with Crippen molar-refractivity contribution in [3.8, 4) is 0 Å². The van der Waals surface area contributed by atoms with Gasteiger partial charge in [0.2, 0.25) is 0 Å². The Balaban J connectivity index is 2.69. The molecule has 4 bridgehead atoms. The zero-order chi connectivity index (χ0) is 19.2. The fraction of sp³-hybridized carbons (Fsp3) is 0.800. The highest BCUT2D eigenvalue weighted by Crippen LogP contribution is 2.84. The first kappa shape index (κ1) is 17.6. The molecule has 0 aromatic rings. The Morgan fingerprint density at radius 1 is 0.458 bits per heavy atom. The summed E-state index contributed by atoms with van der Waals surface area (Å²) in [6, 6.07) is 0. The quantitative estimate of drug-likeness (QED) is 0.536. The van der Waals surface area contributed by atoms with E-state index < -0.39 is 58.0 Å². The standard InChI is InChI=1S/C10F14/c11-2-1-4(13,14)6(17)8(19,20)3(2,12)9(21,22)7(18,5(1,15)16)10(6,23)24. The van der Waals surface area contributed by atoms with Gasteiger partial charge in [-0.1, -0.05) is 0 Å². The summed E-state index contributed by atoms with van der Waals surface area (Å²) >= 11 is 0. The summed E-state index contributed by atoms with van der Waals surface area (Å²) in [6.45, 7) is 0. The summed E-state index contributed by atoms with van der Waals surface area (Å²) < 4.78 is 191. The predicted octanol–water partition coefficient (Wildman–Crippen LogP) is 4.55. The molecule has 2 saturated carbocycles. The van der Waals surface area contributed by atoms with Gasteiger partial charge in [-0.05, 0) is 0 Å². The average Bonchev–Trinajstić information content (AvgIpc) is 2.38. The molecule has 0 saturated heterocycles. The second-order valence-electron chi connectivity index (χ2n) is 5.54. The van der Waals surface area contributed by atoms with Crippen LogP contribution in [0.25, 0.3) is 0 Å².